The van der Waals surface area contributed by atoms with Gasteiger partial charge in [0.2, 0.25) is 0 Å². The van der Waals surface area contributed by atoms with Crippen LogP contribution >= 0.6 is 0 Å². The maximum absolute atomic E-state index is 5.05. The van der Waals surface area contributed by atoms with Crippen molar-refractivity contribution >= 4 is 22.4 Å². The van der Waals surface area contributed by atoms with Crippen LogP contribution in [-0.2, 0) is 4.74 Å². The third kappa shape index (κ3) is 2.68. The Balaban J connectivity index is 1.75. The largest absolute Gasteiger partial charge is 0.383 e. The molecule has 0 spiro atoms. The maximum Gasteiger partial charge on any atom is 0.154 e. The van der Waals surface area contributed by atoms with E-state index in [1.54, 1.807) is 7.11 Å². The molecule has 0 saturated carbocycles. The number of rotatable bonds is 5. The van der Waals surface area contributed by atoms with Crippen LogP contribution in [0.25, 0.3) is 27.8 Å². The zero-order valence-electron chi connectivity index (χ0n) is 13.3. The van der Waals surface area contributed by atoms with E-state index in [1.165, 1.54) is 0 Å². The lowest BCUT2D eigenvalue weighted by Gasteiger charge is -2.07. The summed E-state index contributed by atoms with van der Waals surface area (Å²) >= 11 is 0. The van der Waals surface area contributed by atoms with Gasteiger partial charge in [-0.25, -0.2) is 9.50 Å². The minimum atomic E-state index is 0.630. The fourth-order valence-corrected chi connectivity index (χ4v) is 2.66. The second kappa shape index (κ2) is 6.25. The second-order valence-corrected chi connectivity index (χ2v) is 5.47. The molecule has 4 aromatic rings. The van der Waals surface area contributed by atoms with Gasteiger partial charge in [0.1, 0.15) is 5.82 Å². The van der Waals surface area contributed by atoms with Crippen molar-refractivity contribution in [3.05, 3.63) is 54.9 Å². The number of hydrogen-bond donors (Lipinski definition) is 1. The highest BCUT2D eigenvalue weighted by molar-refractivity contribution is 5.83. The normalized spacial score (nSPS) is 11.2. The number of para-hydroxylation sites is 1. The number of hydrogen-bond acceptors (Lipinski definition) is 5. The molecular formula is C18H17N5O. The molecule has 0 unspecified atom stereocenters. The summed E-state index contributed by atoms with van der Waals surface area (Å²) < 4.78 is 6.89. The maximum atomic E-state index is 5.05. The molecule has 24 heavy (non-hydrogen) atoms. The molecular weight excluding hydrogens is 302 g/mol. The van der Waals surface area contributed by atoms with Gasteiger partial charge in [-0.2, -0.15) is 0 Å². The molecule has 1 aromatic carbocycles. The van der Waals surface area contributed by atoms with E-state index in [0.29, 0.717) is 13.2 Å². The quantitative estimate of drug-likeness (QED) is 0.573. The Labute approximate surface area is 139 Å². The number of nitrogens with one attached hydrogen (secondary N) is 1. The molecule has 6 heteroatoms. The standard InChI is InChI=1S/C18H17N5O/c1-24-9-8-19-17-6-7-18-21-12-16(23(18)22-17)14-10-13-4-2-3-5-15(13)20-11-14/h2-7,10-12H,8-9H2,1H3,(H,19,22). The van der Waals surface area contributed by atoms with Crippen LogP contribution in [-0.4, -0.2) is 39.8 Å². The molecule has 0 aliphatic carbocycles. The Morgan fingerprint density at radius 3 is 2.92 bits per heavy atom. The topological polar surface area (TPSA) is 64.3 Å². The summed E-state index contributed by atoms with van der Waals surface area (Å²) in [7, 11) is 1.68. The van der Waals surface area contributed by atoms with E-state index in [1.807, 2.05) is 47.2 Å². The molecule has 3 heterocycles. The van der Waals surface area contributed by atoms with Crippen molar-refractivity contribution in [1.82, 2.24) is 19.6 Å². The van der Waals surface area contributed by atoms with Gasteiger partial charge in [-0.1, -0.05) is 18.2 Å². The molecule has 4 rings (SSSR count). The lowest BCUT2D eigenvalue weighted by atomic mass is 10.1. The predicted molar refractivity (Wildman–Crippen MR) is 94.1 cm³/mol. The number of nitrogens with zero attached hydrogens (tertiary/aromatic N) is 4. The Bertz CT molecular complexity index is 995. The molecule has 120 valence electrons. The van der Waals surface area contributed by atoms with E-state index in [0.717, 1.165) is 33.6 Å². The lowest BCUT2D eigenvalue weighted by molar-refractivity contribution is 0.210. The molecule has 0 aliphatic heterocycles. The SMILES string of the molecule is COCCNc1ccc2ncc(-c3cnc4ccccc4c3)n2n1. The van der Waals surface area contributed by atoms with Crippen molar-refractivity contribution in [2.24, 2.45) is 0 Å². The van der Waals surface area contributed by atoms with Gasteiger partial charge in [-0.05, 0) is 24.3 Å². The number of benzene rings is 1. The summed E-state index contributed by atoms with van der Waals surface area (Å²) in [6, 6.07) is 14.0. The average molecular weight is 319 g/mol. The van der Waals surface area contributed by atoms with Crippen LogP contribution in [0.4, 0.5) is 5.82 Å². The zero-order chi connectivity index (χ0) is 16.4. The molecule has 0 amide bonds. The van der Waals surface area contributed by atoms with Crippen LogP contribution in [0.1, 0.15) is 0 Å². The van der Waals surface area contributed by atoms with Gasteiger partial charge in [0.25, 0.3) is 0 Å². The van der Waals surface area contributed by atoms with Crippen molar-refractivity contribution in [3.63, 3.8) is 0 Å². The number of anilines is 1. The molecule has 3 aromatic heterocycles. The van der Waals surface area contributed by atoms with Gasteiger partial charge in [0.15, 0.2) is 5.65 Å². The third-order valence-corrected chi connectivity index (χ3v) is 3.86. The van der Waals surface area contributed by atoms with Gasteiger partial charge < -0.3 is 10.1 Å². The van der Waals surface area contributed by atoms with E-state index in [-0.39, 0.29) is 0 Å². The van der Waals surface area contributed by atoms with Gasteiger partial charge in [0.05, 0.1) is 24.0 Å². The number of methoxy groups -OCH3 is 1. The number of ether oxygens (including phenoxy) is 1. The molecule has 6 nitrogen and oxygen atoms in total. The molecule has 0 radical (unpaired) electrons. The fraction of sp³-hybridized carbons (Fsp3) is 0.167. The van der Waals surface area contributed by atoms with Gasteiger partial charge in [-0.3, -0.25) is 4.98 Å². The van der Waals surface area contributed by atoms with Crippen molar-refractivity contribution in [2.45, 2.75) is 0 Å². The summed E-state index contributed by atoms with van der Waals surface area (Å²) in [4.78, 5) is 8.96. The monoisotopic (exact) mass is 319 g/mol. The number of aromatic nitrogens is 4. The Kier molecular flexibility index (Phi) is 3.80. The molecule has 0 bridgehead atoms. The van der Waals surface area contributed by atoms with Crippen LogP contribution in [0.3, 0.4) is 0 Å². The van der Waals surface area contributed by atoms with Crippen molar-refractivity contribution < 1.29 is 4.74 Å². The summed E-state index contributed by atoms with van der Waals surface area (Å²) in [6.07, 6.45) is 3.69. The first kappa shape index (κ1) is 14.6. The number of pyridine rings is 1. The van der Waals surface area contributed by atoms with Gasteiger partial charge in [-0.15, -0.1) is 5.10 Å². The lowest BCUT2D eigenvalue weighted by Crippen LogP contribution is -2.10. The Morgan fingerprint density at radius 1 is 1.08 bits per heavy atom. The van der Waals surface area contributed by atoms with Gasteiger partial charge in [0, 0.05) is 30.8 Å². The van der Waals surface area contributed by atoms with Gasteiger partial charge >= 0.3 is 0 Å². The molecule has 1 N–H and O–H groups in total. The van der Waals surface area contributed by atoms with E-state index < -0.39 is 0 Å². The highest BCUT2D eigenvalue weighted by atomic mass is 16.5. The second-order valence-electron chi connectivity index (χ2n) is 5.47. The van der Waals surface area contributed by atoms with E-state index in [2.05, 4.69) is 32.5 Å². The first-order valence-electron chi connectivity index (χ1n) is 7.78. The molecule has 0 saturated heterocycles. The number of fused-ring (bicyclic) bond motifs is 2. The summed E-state index contributed by atoms with van der Waals surface area (Å²) in [5.41, 5.74) is 3.68. The van der Waals surface area contributed by atoms with Crippen LogP contribution in [0.2, 0.25) is 0 Å². The highest BCUT2D eigenvalue weighted by Gasteiger charge is 2.09. The fourth-order valence-electron chi connectivity index (χ4n) is 2.66. The van der Waals surface area contributed by atoms with E-state index in [4.69, 9.17) is 4.74 Å². The average Bonchev–Trinajstić information content (AvgIpc) is 3.05. The highest BCUT2D eigenvalue weighted by Crippen LogP contribution is 2.23. The van der Waals surface area contributed by atoms with Crippen LogP contribution in [0.15, 0.2) is 54.9 Å². The summed E-state index contributed by atoms with van der Waals surface area (Å²) in [6.45, 7) is 1.33. The Hall–Kier alpha value is -2.99. The van der Waals surface area contributed by atoms with E-state index >= 15 is 0 Å². The molecule has 0 fully saturated rings. The molecule has 0 aliphatic rings. The van der Waals surface area contributed by atoms with Crippen molar-refractivity contribution in [3.8, 4) is 11.3 Å². The minimum absolute atomic E-state index is 0.630. The third-order valence-electron chi connectivity index (χ3n) is 3.86. The predicted octanol–water partition coefficient (Wildman–Crippen LogP) is 3.00. The summed E-state index contributed by atoms with van der Waals surface area (Å²) in [5, 5.41) is 8.96. The smallest absolute Gasteiger partial charge is 0.154 e. The minimum Gasteiger partial charge on any atom is -0.383 e. The first-order chi connectivity index (χ1) is 11.8. The number of imidazole rings is 1. The van der Waals surface area contributed by atoms with Crippen LogP contribution < -0.4 is 5.32 Å². The molecule has 0 atom stereocenters. The zero-order valence-corrected chi connectivity index (χ0v) is 13.3. The Morgan fingerprint density at radius 2 is 2.00 bits per heavy atom. The van der Waals surface area contributed by atoms with Crippen molar-refractivity contribution in [1.29, 1.82) is 0 Å². The summed E-state index contributed by atoms with van der Waals surface area (Å²) in [5.74, 6) is 0.785. The van der Waals surface area contributed by atoms with Crippen LogP contribution in [0, 0.1) is 0 Å². The van der Waals surface area contributed by atoms with Crippen molar-refractivity contribution in [2.75, 3.05) is 25.6 Å². The first-order valence-corrected chi connectivity index (χ1v) is 7.78. The van der Waals surface area contributed by atoms with E-state index in [9.17, 15) is 0 Å². The van der Waals surface area contributed by atoms with Crippen LogP contribution in [0.5, 0.6) is 0 Å².